The molecule has 2 heterocycles. The number of nitrogens with two attached hydrogens (primary N) is 1. The third kappa shape index (κ3) is 4.07. The van der Waals surface area contributed by atoms with Gasteiger partial charge < -0.3 is 10.6 Å². The van der Waals surface area contributed by atoms with E-state index in [1.807, 2.05) is 23.4 Å². The monoisotopic (exact) mass is 291 g/mol. The van der Waals surface area contributed by atoms with Gasteiger partial charge in [-0.1, -0.05) is 11.8 Å². The predicted molar refractivity (Wildman–Crippen MR) is 82.4 cm³/mol. The van der Waals surface area contributed by atoms with Gasteiger partial charge in [-0.3, -0.25) is 9.69 Å². The minimum atomic E-state index is 0.233. The van der Waals surface area contributed by atoms with Gasteiger partial charge in [-0.2, -0.15) is 0 Å². The van der Waals surface area contributed by atoms with Gasteiger partial charge in [-0.25, -0.2) is 0 Å². The summed E-state index contributed by atoms with van der Waals surface area (Å²) in [4.78, 5) is 17.3. The molecule has 1 aliphatic heterocycles. The maximum atomic E-state index is 12.1. The van der Waals surface area contributed by atoms with E-state index in [1.165, 1.54) is 4.88 Å². The van der Waals surface area contributed by atoms with Crippen LogP contribution in [0.5, 0.6) is 0 Å². The highest BCUT2D eigenvalue weighted by atomic mass is 32.1. The lowest BCUT2D eigenvalue weighted by Crippen LogP contribution is -2.36. The fourth-order valence-corrected chi connectivity index (χ4v) is 3.23. The zero-order chi connectivity index (χ0) is 14.4. The third-order valence-corrected chi connectivity index (χ3v) is 4.25. The summed E-state index contributed by atoms with van der Waals surface area (Å²) >= 11 is 1.68. The van der Waals surface area contributed by atoms with Crippen molar-refractivity contribution in [1.29, 1.82) is 0 Å². The molecule has 1 fully saturated rings. The van der Waals surface area contributed by atoms with Crippen molar-refractivity contribution in [2.45, 2.75) is 19.4 Å². The lowest BCUT2D eigenvalue weighted by atomic mass is 10.2. The molecule has 1 amide bonds. The van der Waals surface area contributed by atoms with E-state index >= 15 is 0 Å². The van der Waals surface area contributed by atoms with Crippen molar-refractivity contribution in [3.63, 3.8) is 0 Å². The van der Waals surface area contributed by atoms with Crippen LogP contribution in [0.15, 0.2) is 11.4 Å². The van der Waals surface area contributed by atoms with E-state index in [4.69, 9.17) is 5.73 Å². The molecule has 2 rings (SSSR count). The van der Waals surface area contributed by atoms with E-state index < -0.39 is 0 Å². The molecule has 0 aromatic carbocycles. The minimum absolute atomic E-state index is 0.233. The van der Waals surface area contributed by atoms with Crippen LogP contribution in [0.25, 0.3) is 0 Å². The van der Waals surface area contributed by atoms with Gasteiger partial charge in [0.1, 0.15) is 0 Å². The van der Waals surface area contributed by atoms with Crippen LogP contribution in [0.3, 0.4) is 0 Å². The van der Waals surface area contributed by atoms with Crippen molar-refractivity contribution in [3.05, 3.63) is 21.9 Å². The first-order chi connectivity index (χ1) is 9.70. The van der Waals surface area contributed by atoms with Gasteiger partial charge in [0.25, 0.3) is 0 Å². The number of amides is 1. The molecule has 0 bridgehead atoms. The summed E-state index contributed by atoms with van der Waals surface area (Å²) in [5.41, 5.74) is 6.43. The Morgan fingerprint density at radius 1 is 1.50 bits per heavy atom. The molecule has 20 heavy (non-hydrogen) atoms. The average Bonchev–Trinajstić information content (AvgIpc) is 3.07. The van der Waals surface area contributed by atoms with Gasteiger partial charge in [0.2, 0.25) is 5.91 Å². The van der Waals surface area contributed by atoms with Crippen LogP contribution in [0.2, 0.25) is 0 Å². The molecule has 0 saturated carbocycles. The second kappa shape index (κ2) is 7.44. The summed E-state index contributed by atoms with van der Waals surface area (Å²) in [5, 5.41) is 2.03. The van der Waals surface area contributed by atoms with Gasteiger partial charge in [-0.15, -0.1) is 11.3 Å². The maximum Gasteiger partial charge on any atom is 0.236 e. The van der Waals surface area contributed by atoms with E-state index in [-0.39, 0.29) is 5.91 Å². The van der Waals surface area contributed by atoms with Gasteiger partial charge in [0.15, 0.2) is 0 Å². The Kier molecular flexibility index (Phi) is 5.60. The van der Waals surface area contributed by atoms with Crippen molar-refractivity contribution in [2.24, 2.45) is 5.73 Å². The maximum absolute atomic E-state index is 12.1. The fourth-order valence-electron chi connectivity index (χ4n) is 2.32. The number of rotatable bonds is 4. The lowest BCUT2D eigenvalue weighted by molar-refractivity contribution is -0.131. The lowest BCUT2D eigenvalue weighted by Gasteiger charge is -2.20. The van der Waals surface area contributed by atoms with E-state index in [0.717, 1.165) is 38.0 Å². The zero-order valence-corrected chi connectivity index (χ0v) is 12.7. The Morgan fingerprint density at radius 3 is 2.95 bits per heavy atom. The second-order valence-electron chi connectivity index (χ2n) is 5.02. The number of nitrogens with zero attached hydrogens (tertiary/aromatic N) is 2. The molecule has 1 aromatic rings. The van der Waals surface area contributed by atoms with Crippen LogP contribution in [-0.4, -0.2) is 48.9 Å². The number of thiophene rings is 1. The van der Waals surface area contributed by atoms with Crippen LogP contribution >= 0.6 is 11.3 Å². The Labute approximate surface area is 124 Å². The SMILES string of the molecule is CN(CC(=O)N1CCCC1)Cc1sccc1C#CCN. The van der Waals surface area contributed by atoms with Gasteiger partial charge >= 0.3 is 0 Å². The molecule has 0 aliphatic carbocycles. The first-order valence-electron chi connectivity index (χ1n) is 6.92. The number of hydrogen-bond acceptors (Lipinski definition) is 4. The zero-order valence-electron chi connectivity index (χ0n) is 11.9. The van der Waals surface area contributed by atoms with Crippen LogP contribution in [0.1, 0.15) is 23.3 Å². The van der Waals surface area contributed by atoms with Crippen LogP contribution in [0.4, 0.5) is 0 Å². The quantitative estimate of drug-likeness (QED) is 0.846. The average molecular weight is 291 g/mol. The minimum Gasteiger partial charge on any atom is -0.342 e. The summed E-state index contributed by atoms with van der Waals surface area (Å²) in [7, 11) is 1.98. The Bertz CT molecular complexity index is 509. The van der Waals surface area contributed by atoms with Crippen LogP contribution in [-0.2, 0) is 11.3 Å². The topological polar surface area (TPSA) is 49.6 Å². The Hall–Kier alpha value is -1.35. The van der Waals surface area contributed by atoms with Gasteiger partial charge in [0.05, 0.1) is 13.1 Å². The highest BCUT2D eigenvalue weighted by Crippen LogP contribution is 2.18. The Balaban J connectivity index is 1.89. The summed E-state index contributed by atoms with van der Waals surface area (Å²) < 4.78 is 0. The molecular formula is C15H21N3OS. The van der Waals surface area contributed by atoms with Crippen molar-refractivity contribution in [1.82, 2.24) is 9.80 Å². The number of likely N-dealkylation sites (tertiary alicyclic amines) is 1. The van der Waals surface area contributed by atoms with Crippen molar-refractivity contribution in [2.75, 3.05) is 33.2 Å². The molecule has 0 radical (unpaired) electrons. The highest BCUT2D eigenvalue weighted by Gasteiger charge is 2.19. The van der Waals surface area contributed by atoms with E-state index in [0.29, 0.717) is 13.1 Å². The van der Waals surface area contributed by atoms with Crippen molar-refractivity contribution >= 4 is 17.2 Å². The fraction of sp³-hybridized carbons (Fsp3) is 0.533. The number of carbonyl (C=O) groups is 1. The molecule has 1 aliphatic rings. The summed E-state index contributed by atoms with van der Waals surface area (Å²) in [6.45, 7) is 3.43. The molecule has 5 heteroatoms. The van der Waals surface area contributed by atoms with Crippen LogP contribution in [0, 0.1) is 11.8 Å². The standard InChI is InChI=1S/C15H21N3OS/c1-17(12-15(19)18-8-2-3-9-18)11-14-13(5-4-7-16)6-10-20-14/h6,10H,2-3,7-9,11-12,16H2,1H3. The van der Waals surface area contributed by atoms with Gasteiger partial charge in [-0.05, 0) is 31.3 Å². The largest absolute Gasteiger partial charge is 0.342 e. The first-order valence-corrected chi connectivity index (χ1v) is 7.80. The predicted octanol–water partition coefficient (Wildman–Crippen LogP) is 1.11. The van der Waals surface area contributed by atoms with Crippen molar-refractivity contribution in [3.8, 4) is 11.8 Å². The highest BCUT2D eigenvalue weighted by molar-refractivity contribution is 7.10. The summed E-state index contributed by atoms with van der Waals surface area (Å²) in [6.07, 6.45) is 2.28. The molecule has 0 unspecified atom stereocenters. The summed E-state index contributed by atoms with van der Waals surface area (Å²) in [5.74, 6) is 6.19. The summed E-state index contributed by atoms with van der Waals surface area (Å²) in [6, 6.07) is 2.01. The molecule has 1 aromatic heterocycles. The first kappa shape index (κ1) is 15.0. The van der Waals surface area contributed by atoms with E-state index in [2.05, 4.69) is 16.7 Å². The molecule has 1 saturated heterocycles. The number of carbonyl (C=O) groups excluding carboxylic acids is 1. The Morgan fingerprint density at radius 2 is 2.25 bits per heavy atom. The van der Waals surface area contributed by atoms with Crippen LogP contribution < -0.4 is 5.73 Å². The molecule has 0 atom stereocenters. The molecule has 108 valence electrons. The molecular weight excluding hydrogens is 270 g/mol. The normalized spacial score (nSPS) is 14.4. The number of hydrogen-bond donors (Lipinski definition) is 1. The van der Waals surface area contributed by atoms with E-state index in [9.17, 15) is 4.79 Å². The molecule has 0 spiro atoms. The van der Waals surface area contributed by atoms with Crippen molar-refractivity contribution < 1.29 is 4.79 Å². The smallest absolute Gasteiger partial charge is 0.236 e. The third-order valence-electron chi connectivity index (χ3n) is 3.35. The molecule has 4 nitrogen and oxygen atoms in total. The molecule has 2 N–H and O–H groups in total. The second-order valence-corrected chi connectivity index (χ2v) is 6.02. The van der Waals surface area contributed by atoms with Gasteiger partial charge in [0, 0.05) is 30.1 Å². The number of likely N-dealkylation sites (N-methyl/N-ethyl adjacent to an activating group) is 1. The van der Waals surface area contributed by atoms with E-state index in [1.54, 1.807) is 11.3 Å².